The number of fused-ring (bicyclic) bond motifs is 2. The minimum Gasteiger partial charge on any atom is -0.487 e. The van der Waals surface area contributed by atoms with Gasteiger partial charge in [-0.1, -0.05) is 18.2 Å². The number of ether oxygens (including phenoxy) is 3. The number of benzene rings is 3. The number of hydrogen-bond donors (Lipinski definition) is 2. The molecule has 0 unspecified atom stereocenters. The van der Waals surface area contributed by atoms with E-state index in [0.29, 0.717) is 30.9 Å². The summed E-state index contributed by atoms with van der Waals surface area (Å²) < 4.78 is 76.5. The van der Waals surface area contributed by atoms with Crippen LogP contribution in [0.3, 0.4) is 0 Å². The van der Waals surface area contributed by atoms with Crippen molar-refractivity contribution in [1.29, 1.82) is 0 Å². The van der Waals surface area contributed by atoms with Crippen LogP contribution in [0.4, 0.5) is 17.6 Å². The van der Waals surface area contributed by atoms with Gasteiger partial charge in [0.15, 0.2) is 11.6 Å². The molecule has 1 aliphatic heterocycles. The molecule has 3 aromatic carbocycles. The zero-order valence-corrected chi connectivity index (χ0v) is 25.1. The average Bonchev–Trinajstić information content (AvgIpc) is 3.69. The van der Waals surface area contributed by atoms with Crippen LogP contribution in [0.2, 0.25) is 0 Å². The third kappa shape index (κ3) is 5.40. The minimum atomic E-state index is -1.51. The molecule has 11 heteroatoms. The maximum absolute atomic E-state index is 15.2. The Labute approximate surface area is 256 Å². The van der Waals surface area contributed by atoms with E-state index in [4.69, 9.17) is 14.2 Å². The highest BCUT2D eigenvalue weighted by Gasteiger charge is 2.45. The second kappa shape index (κ2) is 11.3. The smallest absolute Gasteiger partial charge is 0.306 e. The molecular formula is C34H31F4N3O4. The van der Waals surface area contributed by atoms with Crippen molar-refractivity contribution in [2.75, 3.05) is 6.61 Å². The van der Waals surface area contributed by atoms with E-state index in [9.17, 15) is 13.6 Å². The Morgan fingerprint density at radius 3 is 2.62 bits per heavy atom. The normalized spacial score (nSPS) is 17.2. The van der Waals surface area contributed by atoms with Gasteiger partial charge in [0.05, 0.1) is 17.7 Å². The van der Waals surface area contributed by atoms with E-state index < -0.39 is 40.0 Å². The van der Waals surface area contributed by atoms with E-state index in [1.807, 2.05) is 39.0 Å². The monoisotopic (exact) mass is 621 g/mol. The fourth-order valence-electron chi connectivity index (χ4n) is 6.16. The highest BCUT2D eigenvalue weighted by Crippen LogP contribution is 2.50. The summed E-state index contributed by atoms with van der Waals surface area (Å²) in [5.41, 5.74) is 0.839. The van der Waals surface area contributed by atoms with Gasteiger partial charge in [0.1, 0.15) is 28.7 Å². The number of nitrogens with zero attached hydrogens (tertiary/aromatic N) is 1. The van der Waals surface area contributed by atoms with Gasteiger partial charge >= 0.3 is 5.97 Å². The number of carbonyl (C=O) groups is 1. The Morgan fingerprint density at radius 2 is 1.84 bits per heavy atom. The van der Waals surface area contributed by atoms with Crippen LogP contribution in [-0.2, 0) is 21.4 Å². The molecule has 0 bridgehead atoms. The maximum atomic E-state index is 15.2. The molecule has 7 nitrogen and oxygen atoms in total. The molecule has 2 N–H and O–H groups in total. The van der Waals surface area contributed by atoms with E-state index in [1.54, 1.807) is 13.1 Å². The summed E-state index contributed by atoms with van der Waals surface area (Å²) in [7, 11) is 0. The number of para-hydroxylation sites is 1. The molecule has 0 fully saturated rings. The summed E-state index contributed by atoms with van der Waals surface area (Å²) in [5.74, 6) is -5.07. The zero-order chi connectivity index (χ0) is 32.1. The van der Waals surface area contributed by atoms with Gasteiger partial charge in [-0.05, 0) is 63.9 Å². The molecule has 1 aliphatic rings. The lowest BCUT2D eigenvalue weighted by atomic mass is 9.69. The molecule has 3 heterocycles. The number of aromatic nitrogens is 3. The van der Waals surface area contributed by atoms with Crippen molar-refractivity contribution in [2.45, 2.75) is 58.0 Å². The van der Waals surface area contributed by atoms with Crippen molar-refractivity contribution in [3.05, 3.63) is 94.9 Å². The fourth-order valence-corrected chi connectivity index (χ4v) is 6.16. The van der Waals surface area contributed by atoms with Crippen LogP contribution in [-0.4, -0.2) is 33.1 Å². The summed E-state index contributed by atoms with van der Waals surface area (Å²) in [6.07, 6.45) is 4.09. The van der Waals surface area contributed by atoms with E-state index in [2.05, 4.69) is 15.0 Å². The van der Waals surface area contributed by atoms with Crippen LogP contribution in [0.15, 0.2) is 54.9 Å². The quantitative estimate of drug-likeness (QED) is 0.103. The van der Waals surface area contributed by atoms with Gasteiger partial charge in [0.2, 0.25) is 11.6 Å². The average molecular weight is 622 g/mol. The molecule has 5 aromatic rings. The molecule has 234 valence electrons. The van der Waals surface area contributed by atoms with E-state index in [1.165, 1.54) is 24.4 Å². The van der Waals surface area contributed by atoms with Gasteiger partial charge in [-0.25, -0.2) is 18.2 Å². The number of rotatable bonds is 8. The molecule has 1 atom stereocenters. The first kappa shape index (κ1) is 30.2. The number of halogens is 4. The first-order valence-electron chi connectivity index (χ1n) is 14.6. The van der Waals surface area contributed by atoms with Gasteiger partial charge in [-0.2, -0.15) is 4.39 Å². The summed E-state index contributed by atoms with van der Waals surface area (Å²) in [6, 6.07) is 10.6. The number of H-pyrrole nitrogens is 2. The number of imidazole rings is 1. The molecule has 6 rings (SSSR count). The number of nitrogens with one attached hydrogen (secondary N) is 2. The van der Waals surface area contributed by atoms with Crippen LogP contribution >= 0.6 is 0 Å². The van der Waals surface area contributed by atoms with Crippen LogP contribution in [0.5, 0.6) is 17.2 Å². The number of esters is 1. The zero-order valence-electron chi connectivity index (χ0n) is 25.1. The molecule has 0 saturated carbocycles. The minimum absolute atomic E-state index is 0.0129. The Morgan fingerprint density at radius 1 is 1.04 bits per heavy atom. The van der Waals surface area contributed by atoms with Gasteiger partial charge in [-0.15, -0.1) is 0 Å². The Bertz CT molecular complexity index is 1930. The highest BCUT2D eigenvalue weighted by atomic mass is 19.2. The number of hydrogen-bond acceptors (Lipinski definition) is 5. The Kier molecular flexibility index (Phi) is 7.58. The van der Waals surface area contributed by atoms with Crippen molar-refractivity contribution >= 4 is 16.9 Å². The topological polar surface area (TPSA) is 89.2 Å². The van der Waals surface area contributed by atoms with Gasteiger partial charge in [0, 0.05) is 47.3 Å². The largest absolute Gasteiger partial charge is 0.487 e. The summed E-state index contributed by atoms with van der Waals surface area (Å²) >= 11 is 0. The fraction of sp³-hybridized carbons (Fsp3) is 0.294. The Balaban J connectivity index is 1.35. The SMILES string of the molecule is CCOC(=O)CCc1cccc2c1OC(C)(C)C[C@]2(C)c1cnc(-c2cc(Oc3c(F)c(F)c4[nH]ccc4c3F)ccc2F)[nH]1. The molecule has 2 aromatic heterocycles. The second-order valence-corrected chi connectivity index (χ2v) is 11.9. The van der Waals surface area contributed by atoms with E-state index >= 15 is 8.78 Å². The van der Waals surface area contributed by atoms with Crippen LogP contribution in [0, 0.1) is 23.3 Å². The first-order chi connectivity index (χ1) is 21.4. The van der Waals surface area contributed by atoms with Crippen LogP contribution in [0.1, 0.15) is 57.4 Å². The van der Waals surface area contributed by atoms with Crippen LogP contribution < -0.4 is 9.47 Å². The lowest BCUT2D eigenvalue weighted by Crippen LogP contribution is -2.44. The van der Waals surface area contributed by atoms with Crippen molar-refractivity contribution in [3.63, 3.8) is 0 Å². The summed E-state index contributed by atoms with van der Waals surface area (Å²) in [4.78, 5) is 22.2. The number of carbonyl (C=O) groups excluding carboxylic acids is 1. The predicted octanol–water partition coefficient (Wildman–Crippen LogP) is 8.27. The third-order valence-corrected chi connectivity index (χ3v) is 8.13. The van der Waals surface area contributed by atoms with Gasteiger partial charge in [0.25, 0.3) is 0 Å². The highest BCUT2D eigenvalue weighted by molar-refractivity contribution is 5.82. The van der Waals surface area contributed by atoms with Crippen molar-refractivity contribution in [1.82, 2.24) is 15.0 Å². The lowest BCUT2D eigenvalue weighted by Gasteiger charge is -2.44. The number of aromatic amines is 2. The van der Waals surface area contributed by atoms with E-state index in [-0.39, 0.29) is 40.4 Å². The molecule has 0 amide bonds. The van der Waals surface area contributed by atoms with Crippen molar-refractivity contribution in [2.24, 2.45) is 0 Å². The molecule has 0 spiro atoms. The van der Waals surface area contributed by atoms with Crippen LogP contribution in [0.25, 0.3) is 22.3 Å². The Hall–Kier alpha value is -4.80. The summed E-state index contributed by atoms with van der Waals surface area (Å²) in [5, 5.41) is -0.182. The van der Waals surface area contributed by atoms with Gasteiger partial charge in [-0.3, -0.25) is 4.79 Å². The lowest BCUT2D eigenvalue weighted by molar-refractivity contribution is -0.143. The van der Waals surface area contributed by atoms with Crippen molar-refractivity contribution in [3.8, 4) is 28.6 Å². The second-order valence-electron chi connectivity index (χ2n) is 11.9. The summed E-state index contributed by atoms with van der Waals surface area (Å²) in [6.45, 7) is 8.05. The number of aryl methyl sites for hydroxylation is 1. The molecule has 45 heavy (non-hydrogen) atoms. The third-order valence-electron chi connectivity index (χ3n) is 8.13. The van der Waals surface area contributed by atoms with Gasteiger partial charge < -0.3 is 24.2 Å². The first-order valence-corrected chi connectivity index (χ1v) is 14.6. The molecule has 0 radical (unpaired) electrons. The standard InChI is InChI=1S/C34H31F4N3O4/c1-5-43-25(42)12-9-18-7-6-8-22-30(18)45-33(2,3)17-34(22,4)24-16-40-32(41-24)21-15-19(10-11-23(21)35)44-31-26(36)20-13-14-39-29(20)27(37)28(31)38/h6-8,10-11,13-16,39H,5,9,12,17H2,1-4H3,(H,40,41)/t34-/m0/s1. The maximum Gasteiger partial charge on any atom is 0.306 e. The molecular weight excluding hydrogens is 590 g/mol. The molecule has 0 saturated heterocycles. The van der Waals surface area contributed by atoms with Crippen molar-refractivity contribution < 1.29 is 36.6 Å². The molecule has 0 aliphatic carbocycles. The van der Waals surface area contributed by atoms with E-state index in [0.717, 1.165) is 17.2 Å². The predicted molar refractivity (Wildman–Crippen MR) is 159 cm³/mol.